The summed E-state index contributed by atoms with van der Waals surface area (Å²) in [7, 11) is 0. The van der Waals surface area contributed by atoms with Crippen LogP contribution in [0.25, 0.3) is 0 Å². The molecular formula is C15H20BrF2NO2. The average Bonchev–Trinajstić information content (AvgIpc) is 2.89. The standard InChI is InChI=1S/C15H20BrF2NO2/c1-2-5-19-8-11-3-4-12(21-11)9-20-14-7-10(16)6-13(17)15(14)18/h6-7,11-12,19H,2-5,8-9H2,1H3. The van der Waals surface area contributed by atoms with Gasteiger partial charge in [0.2, 0.25) is 5.82 Å². The molecule has 0 saturated carbocycles. The number of hydrogen-bond acceptors (Lipinski definition) is 3. The first-order chi connectivity index (χ1) is 10.1. The molecule has 1 heterocycles. The number of hydrogen-bond donors (Lipinski definition) is 1. The smallest absolute Gasteiger partial charge is 0.200 e. The van der Waals surface area contributed by atoms with Crippen LogP contribution in [0.2, 0.25) is 0 Å². The minimum atomic E-state index is -0.961. The normalized spacial score (nSPS) is 21.7. The Morgan fingerprint density at radius 2 is 2.10 bits per heavy atom. The van der Waals surface area contributed by atoms with Crippen molar-refractivity contribution in [2.45, 2.75) is 38.4 Å². The first-order valence-electron chi connectivity index (χ1n) is 7.23. The molecule has 1 aromatic carbocycles. The van der Waals surface area contributed by atoms with Crippen molar-refractivity contribution in [2.75, 3.05) is 19.7 Å². The number of ether oxygens (including phenoxy) is 2. The van der Waals surface area contributed by atoms with Crippen LogP contribution in [0.1, 0.15) is 26.2 Å². The molecule has 1 aliphatic heterocycles. The van der Waals surface area contributed by atoms with Crippen LogP contribution in [0, 0.1) is 11.6 Å². The lowest BCUT2D eigenvalue weighted by molar-refractivity contribution is 0.0177. The molecule has 21 heavy (non-hydrogen) atoms. The summed E-state index contributed by atoms with van der Waals surface area (Å²) in [5.41, 5.74) is 0. The summed E-state index contributed by atoms with van der Waals surface area (Å²) in [6.07, 6.45) is 3.03. The summed E-state index contributed by atoms with van der Waals surface area (Å²) in [6, 6.07) is 2.50. The van der Waals surface area contributed by atoms with E-state index in [-0.39, 0.29) is 24.6 Å². The summed E-state index contributed by atoms with van der Waals surface area (Å²) < 4.78 is 38.4. The van der Waals surface area contributed by atoms with Gasteiger partial charge in [-0.25, -0.2) is 4.39 Å². The molecule has 3 nitrogen and oxygen atoms in total. The second-order valence-corrected chi connectivity index (χ2v) is 6.09. The zero-order valence-electron chi connectivity index (χ0n) is 12.0. The average molecular weight is 364 g/mol. The fraction of sp³-hybridized carbons (Fsp3) is 0.600. The molecule has 0 aliphatic carbocycles. The number of rotatable bonds is 7. The van der Waals surface area contributed by atoms with Crippen molar-refractivity contribution >= 4 is 15.9 Å². The van der Waals surface area contributed by atoms with Crippen molar-refractivity contribution in [3.05, 3.63) is 28.2 Å². The third-order valence-corrected chi connectivity index (χ3v) is 3.84. The second kappa shape index (κ2) is 8.06. The molecule has 2 atom stereocenters. The zero-order chi connectivity index (χ0) is 15.2. The topological polar surface area (TPSA) is 30.5 Å². The van der Waals surface area contributed by atoms with Crippen molar-refractivity contribution in [2.24, 2.45) is 0 Å². The lowest BCUT2D eigenvalue weighted by Crippen LogP contribution is -2.28. The van der Waals surface area contributed by atoms with Crippen LogP contribution in [-0.2, 0) is 4.74 Å². The molecule has 0 radical (unpaired) electrons. The van der Waals surface area contributed by atoms with E-state index in [1.54, 1.807) is 0 Å². The molecule has 1 aliphatic rings. The lowest BCUT2D eigenvalue weighted by atomic mass is 10.2. The van der Waals surface area contributed by atoms with Crippen LogP contribution in [0.5, 0.6) is 5.75 Å². The molecule has 118 valence electrons. The van der Waals surface area contributed by atoms with Gasteiger partial charge in [-0.15, -0.1) is 0 Å². The molecule has 2 rings (SSSR count). The van der Waals surface area contributed by atoms with Gasteiger partial charge in [-0.1, -0.05) is 22.9 Å². The Morgan fingerprint density at radius 3 is 2.86 bits per heavy atom. The van der Waals surface area contributed by atoms with E-state index in [9.17, 15) is 8.78 Å². The van der Waals surface area contributed by atoms with Crippen molar-refractivity contribution in [1.29, 1.82) is 0 Å². The van der Waals surface area contributed by atoms with Gasteiger partial charge in [0.1, 0.15) is 6.61 Å². The van der Waals surface area contributed by atoms with Crippen LogP contribution in [0.3, 0.4) is 0 Å². The minimum absolute atomic E-state index is 0.0696. The third-order valence-electron chi connectivity index (χ3n) is 3.38. The van der Waals surface area contributed by atoms with Crippen molar-refractivity contribution in [3.8, 4) is 5.75 Å². The molecule has 1 fully saturated rings. The molecule has 0 spiro atoms. The van der Waals surface area contributed by atoms with Crippen LogP contribution in [0.15, 0.2) is 16.6 Å². The van der Waals surface area contributed by atoms with Gasteiger partial charge in [0.15, 0.2) is 11.6 Å². The highest BCUT2D eigenvalue weighted by Crippen LogP contribution is 2.27. The lowest BCUT2D eigenvalue weighted by Gasteiger charge is -2.15. The van der Waals surface area contributed by atoms with Gasteiger partial charge < -0.3 is 14.8 Å². The van der Waals surface area contributed by atoms with Crippen LogP contribution >= 0.6 is 15.9 Å². The maximum atomic E-state index is 13.6. The highest BCUT2D eigenvalue weighted by Gasteiger charge is 2.26. The Hall–Kier alpha value is -0.720. The van der Waals surface area contributed by atoms with Gasteiger partial charge >= 0.3 is 0 Å². The van der Waals surface area contributed by atoms with E-state index in [0.29, 0.717) is 4.47 Å². The molecule has 0 aromatic heterocycles. The highest BCUT2D eigenvalue weighted by molar-refractivity contribution is 9.10. The van der Waals surface area contributed by atoms with Gasteiger partial charge in [0.25, 0.3) is 0 Å². The summed E-state index contributed by atoms with van der Waals surface area (Å²) in [5, 5.41) is 3.31. The van der Waals surface area contributed by atoms with Gasteiger partial charge in [-0.05, 0) is 37.9 Å². The van der Waals surface area contributed by atoms with E-state index in [2.05, 4.69) is 28.2 Å². The van der Waals surface area contributed by atoms with Crippen molar-refractivity contribution in [3.63, 3.8) is 0 Å². The number of halogens is 3. The maximum absolute atomic E-state index is 13.6. The monoisotopic (exact) mass is 363 g/mol. The molecule has 1 N–H and O–H groups in total. The van der Waals surface area contributed by atoms with Crippen molar-refractivity contribution in [1.82, 2.24) is 5.32 Å². The van der Waals surface area contributed by atoms with Crippen LogP contribution in [-0.4, -0.2) is 31.9 Å². The van der Waals surface area contributed by atoms with E-state index in [0.717, 1.165) is 38.4 Å². The number of nitrogens with one attached hydrogen (secondary N) is 1. The molecule has 0 bridgehead atoms. The number of benzene rings is 1. The van der Waals surface area contributed by atoms with E-state index < -0.39 is 11.6 Å². The highest BCUT2D eigenvalue weighted by atomic mass is 79.9. The first-order valence-corrected chi connectivity index (χ1v) is 8.03. The zero-order valence-corrected chi connectivity index (χ0v) is 13.6. The third kappa shape index (κ3) is 4.90. The van der Waals surface area contributed by atoms with Gasteiger partial charge in [0.05, 0.1) is 12.2 Å². The summed E-state index contributed by atoms with van der Waals surface area (Å²) in [6.45, 7) is 4.15. The second-order valence-electron chi connectivity index (χ2n) is 5.17. The van der Waals surface area contributed by atoms with E-state index in [4.69, 9.17) is 9.47 Å². The maximum Gasteiger partial charge on any atom is 0.200 e. The van der Waals surface area contributed by atoms with Crippen LogP contribution < -0.4 is 10.1 Å². The van der Waals surface area contributed by atoms with Gasteiger partial charge in [0, 0.05) is 11.0 Å². The molecule has 6 heteroatoms. The molecule has 2 unspecified atom stereocenters. The Balaban J connectivity index is 1.79. The summed E-state index contributed by atoms with van der Waals surface area (Å²) in [5.74, 6) is -1.97. The predicted molar refractivity (Wildman–Crippen MR) is 80.6 cm³/mol. The van der Waals surface area contributed by atoms with E-state index >= 15 is 0 Å². The Kier molecular flexibility index (Phi) is 6.39. The molecule has 1 aromatic rings. The molecule has 0 amide bonds. The quantitative estimate of drug-likeness (QED) is 0.592. The summed E-state index contributed by atoms with van der Waals surface area (Å²) >= 11 is 3.12. The minimum Gasteiger partial charge on any atom is -0.488 e. The summed E-state index contributed by atoms with van der Waals surface area (Å²) in [4.78, 5) is 0. The molecule has 1 saturated heterocycles. The fourth-order valence-corrected chi connectivity index (χ4v) is 2.72. The Bertz CT molecular complexity index is 473. The fourth-order valence-electron chi connectivity index (χ4n) is 2.31. The van der Waals surface area contributed by atoms with Gasteiger partial charge in [-0.2, -0.15) is 4.39 Å². The van der Waals surface area contributed by atoms with Crippen LogP contribution in [0.4, 0.5) is 8.78 Å². The van der Waals surface area contributed by atoms with Crippen molar-refractivity contribution < 1.29 is 18.3 Å². The SMILES string of the molecule is CCCNCC1CCC(COc2cc(Br)cc(F)c2F)O1. The van der Waals surface area contributed by atoms with E-state index in [1.807, 2.05) is 0 Å². The largest absolute Gasteiger partial charge is 0.488 e. The van der Waals surface area contributed by atoms with Gasteiger partial charge in [-0.3, -0.25) is 0 Å². The Morgan fingerprint density at radius 1 is 1.33 bits per heavy atom. The van der Waals surface area contributed by atoms with E-state index in [1.165, 1.54) is 6.07 Å². The molecular weight excluding hydrogens is 344 g/mol. The predicted octanol–water partition coefficient (Wildman–Crippen LogP) is 3.65. The first kappa shape index (κ1) is 16.6. The Labute approximate surface area is 132 Å².